The Morgan fingerprint density at radius 1 is 1.23 bits per heavy atom. The van der Waals surface area contributed by atoms with E-state index in [-0.39, 0.29) is 5.78 Å². The zero-order valence-electron chi connectivity index (χ0n) is 7.09. The molecular weight excluding hydrogens is 184 g/mol. The van der Waals surface area contributed by atoms with E-state index in [9.17, 15) is 4.79 Å². The van der Waals surface area contributed by atoms with Gasteiger partial charge >= 0.3 is 0 Å². The van der Waals surface area contributed by atoms with Crippen LogP contribution in [0.25, 0.3) is 0 Å². The molecule has 0 amide bonds. The van der Waals surface area contributed by atoms with Crippen LogP contribution in [0.4, 0.5) is 0 Å². The zero-order valence-corrected chi connectivity index (χ0v) is 7.84. The zero-order chi connectivity index (χ0) is 9.26. The van der Waals surface area contributed by atoms with Gasteiger partial charge in [-0.15, -0.1) is 0 Å². The normalized spacial score (nSPS) is 18.8. The average molecular weight is 193 g/mol. The molecule has 0 saturated carbocycles. The van der Waals surface area contributed by atoms with Gasteiger partial charge < -0.3 is 0 Å². The molecule has 0 aromatic heterocycles. The molecule has 0 unspecified atom stereocenters. The molecule has 1 aliphatic carbocycles. The second-order valence-electron chi connectivity index (χ2n) is 3.12. The summed E-state index contributed by atoms with van der Waals surface area (Å²) in [7, 11) is 0. The molecule has 0 aliphatic heterocycles. The number of fused-ring (bicyclic) bond motifs is 1. The first kappa shape index (κ1) is 8.52. The Morgan fingerprint density at radius 2 is 2.00 bits per heavy atom. The van der Waals surface area contributed by atoms with Crippen LogP contribution in [0.1, 0.15) is 22.3 Å². The Labute approximate surface area is 82.0 Å². The smallest absolute Gasteiger partial charge is 0.190 e. The summed E-state index contributed by atoms with van der Waals surface area (Å²) >= 11 is 5.56. The Balaban J connectivity index is 2.51. The molecule has 0 saturated heterocycles. The largest absolute Gasteiger partial charge is 0.289 e. The molecule has 13 heavy (non-hydrogen) atoms. The van der Waals surface area contributed by atoms with Crippen molar-refractivity contribution < 1.29 is 4.79 Å². The summed E-state index contributed by atoms with van der Waals surface area (Å²) in [5.41, 5.74) is 4.06. The van der Waals surface area contributed by atoms with Gasteiger partial charge in [0.15, 0.2) is 5.78 Å². The van der Waals surface area contributed by atoms with Gasteiger partial charge in [-0.1, -0.05) is 35.9 Å². The molecule has 1 aliphatic rings. The van der Waals surface area contributed by atoms with Gasteiger partial charge in [-0.2, -0.15) is 0 Å². The number of aryl methyl sites for hydroxylation is 1. The summed E-state index contributed by atoms with van der Waals surface area (Å²) < 4.78 is 0. The maximum absolute atomic E-state index is 11.7. The standard InChI is InChI=1S/C11H9ClO/c12-7-9-6-5-8-3-1-2-4-10(8)11(9)13/h1-4,7H,5-6H2. The first-order chi connectivity index (χ1) is 6.33. The molecule has 0 spiro atoms. The summed E-state index contributed by atoms with van der Waals surface area (Å²) in [4.78, 5) is 11.7. The maximum Gasteiger partial charge on any atom is 0.190 e. The molecule has 0 N–H and O–H groups in total. The van der Waals surface area contributed by atoms with E-state index < -0.39 is 0 Å². The number of hydrogen-bond acceptors (Lipinski definition) is 1. The Kier molecular flexibility index (Phi) is 2.19. The summed E-state index contributed by atoms with van der Waals surface area (Å²) in [6.45, 7) is 0. The van der Waals surface area contributed by atoms with Crippen molar-refractivity contribution in [1.82, 2.24) is 0 Å². The molecular formula is C11H9ClO. The van der Waals surface area contributed by atoms with Gasteiger partial charge in [0, 0.05) is 16.7 Å². The number of carbonyl (C=O) groups excluding carboxylic acids is 1. The SMILES string of the molecule is O=C1C(=CCl)CCc2ccccc21. The van der Waals surface area contributed by atoms with Crippen LogP contribution in [0, 0.1) is 0 Å². The second kappa shape index (κ2) is 3.35. The third kappa shape index (κ3) is 1.40. The van der Waals surface area contributed by atoms with E-state index in [0.29, 0.717) is 0 Å². The fraction of sp³-hybridized carbons (Fsp3) is 0.182. The number of carbonyl (C=O) groups is 1. The van der Waals surface area contributed by atoms with Crippen molar-refractivity contribution in [1.29, 1.82) is 0 Å². The first-order valence-electron chi connectivity index (χ1n) is 4.25. The van der Waals surface area contributed by atoms with Crippen molar-refractivity contribution in [3.8, 4) is 0 Å². The van der Waals surface area contributed by atoms with E-state index in [2.05, 4.69) is 0 Å². The van der Waals surface area contributed by atoms with E-state index in [1.165, 1.54) is 5.54 Å². The van der Waals surface area contributed by atoms with Crippen molar-refractivity contribution in [3.63, 3.8) is 0 Å². The third-order valence-electron chi connectivity index (χ3n) is 2.35. The monoisotopic (exact) mass is 192 g/mol. The Hall–Kier alpha value is -1.08. The van der Waals surface area contributed by atoms with Gasteiger partial charge in [0.05, 0.1) is 0 Å². The van der Waals surface area contributed by atoms with Gasteiger partial charge in [0.25, 0.3) is 0 Å². The number of Topliss-reactive ketones (excluding diaryl/α,β-unsaturated/α-hetero) is 1. The van der Waals surface area contributed by atoms with Crippen LogP contribution in [-0.4, -0.2) is 5.78 Å². The molecule has 2 heteroatoms. The molecule has 0 heterocycles. The molecule has 0 radical (unpaired) electrons. The van der Waals surface area contributed by atoms with Gasteiger partial charge in [-0.3, -0.25) is 4.79 Å². The van der Waals surface area contributed by atoms with E-state index in [4.69, 9.17) is 11.6 Å². The van der Waals surface area contributed by atoms with Crippen LogP contribution >= 0.6 is 11.6 Å². The van der Waals surface area contributed by atoms with Gasteiger partial charge in [0.1, 0.15) is 0 Å². The van der Waals surface area contributed by atoms with Crippen LogP contribution in [-0.2, 0) is 6.42 Å². The summed E-state index contributed by atoms with van der Waals surface area (Å²) in [6, 6.07) is 7.70. The molecule has 2 rings (SSSR count). The van der Waals surface area contributed by atoms with Crippen LogP contribution in [0.15, 0.2) is 35.4 Å². The van der Waals surface area contributed by atoms with E-state index >= 15 is 0 Å². The quantitative estimate of drug-likeness (QED) is 0.578. The predicted molar refractivity (Wildman–Crippen MR) is 53.0 cm³/mol. The minimum atomic E-state index is 0.0804. The van der Waals surface area contributed by atoms with Gasteiger partial charge in [-0.25, -0.2) is 0 Å². The lowest BCUT2D eigenvalue weighted by atomic mass is 9.88. The highest BCUT2D eigenvalue weighted by Gasteiger charge is 2.20. The number of hydrogen-bond donors (Lipinski definition) is 0. The van der Waals surface area contributed by atoms with E-state index in [0.717, 1.165) is 29.5 Å². The minimum Gasteiger partial charge on any atom is -0.289 e. The lowest BCUT2D eigenvalue weighted by Gasteiger charge is -2.15. The molecule has 1 nitrogen and oxygen atoms in total. The van der Waals surface area contributed by atoms with Gasteiger partial charge in [-0.05, 0) is 18.4 Å². The first-order valence-corrected chi connectivity index (χ1v) is 4.68. The maximum atomic E-state index is 11.7. The van der Waals surface area contributed by atoms with Crippen molar-refractivity contribution in [2.45, 2.75) is 12.8 Å². The van der Waals surface area contributed by atoms with E-state index in [1.54, 1.807) is 0 Å². The molecule has 0 atom stereocenters. The van der Waals surface area contributed by atoms with Crippen LogP contribution in [0.3, 0.4) is 0 Å². The van der Waals surface area contributed by atoms with Crippen LogP contribution in [0.5, 0.6) is 0 Å². The van der Waals surface area contributed by atoms with E-state index in [1.807, 2.05) is 24.3 Å². The van der Waals surface area contributed by atoms with Crippen molar-refractivity contribution in [3.05, 3.63) is 46.5 Å². The Morgan fingerprint density at radius 3 is 2.77 bits per heavy atom. The van der Waals surface area contributed by atoms with Crippen molar-refractivity contribution in [2.75, 3.05) is 0 Å². The third-order valence-corrected chi connectivity index (χ3v) is 2.61. The predicted octanol–water partition coefficient (Wildman–Crippen LogP) is 2.94. The molecule has 1 aromatic rings. The summed E-state index contributed by atoms with van der Waals surface area (Å²) in [5.74, 6) is 0.0804. The number of ketones is 1. The van der Waals surface area contributed by atoms with Gasteiger partial charge in [0.2, 0.25) is 0 Å². The topological polar surface area (TPSA) is 17.1 Å². The fourth-order valence-corrected chi connectivity index (χ4v) is 1.83. The minimum absolute atomic E-state index is 0.0804. The average Bonchev–Trinajstić information content (AvgIpc) is 2.19. The molecule has 1 aromatic carbocycles. The second-order valence-corrected chi connectivity index (χ2v) is 3.34. The summed E-state index contributed by atoms with van der Waals surface area (Å²) in [5, 5.41) is 0. The highest BCUT2D eigenvalue weighted by Crippen LogP contribution is 2.24. The molecule has 0 fully saturated rings. The van der Waals surface area contributed by atoms with Crippen molar-refractivity contribution >= 4 is 17.4 Å². The number of rotatable bonds is 0. The number of benzene rings is 1. The number of allylic oxidation sites excluding steroid dienone is 1. The lowest BCUT2D eigenvalue weighted by molar-refractivity contribution is 0.102. The number of halogens is 1. The van der Waals surface area contributed by atoms with Crippen LogP contribution in [0.2, 0.25) is 0 Å². The molecule has 66 valence electrons. The lowest BCUT2D eigenvalue weighted by Crippen LogP contribution is -2.13. The van der Waals surface area contributed by atoms with Crippen LogP contribution < -0.4 is 0 Å². The van der Waals surface area contributed by atoms with Crippen molar-refractivity contribution in [2.24, 2.45) is 0 Å². The Bertz CT molecular complexity index is 379. The summed E-state index contributed by atoms with van der Waals surface area (Å²) in [6.07, 6.45) is 1.68. The highest BCUT2D eigenvalue weighted by atomic mass is 35.5. The fourth-order valence-electron chi connectivity index (χ4n) is 1.62. The highest BCUT2D eigenvalue weighted by molar-refractivity contribution is 6.29. The molecule has 0 bridgehead atoms.